The number of allylic oxidation sites excluding steroid dienone is 6. The quantitative estimate of drug-likeness (QED) is 0.414. The molecule has 1 aliphatic heterocycles. The lowest BCUT2D eigenvalue weighted by atomic mass is 9.65. The highest BCUT2D eigenvalue weighted by Crippen LogP contribution is 2.44. The fourth-order valence-corrected chi connectivity index (χ4v) is 3.44. The van der Waals surface area contributed by atoms with Crippen LogP contribution in [0, 0.1) is 5.82 Å². The van der Waals surface area contributed by atoms with Crippen molar-refractivity contribution in [1.82, 2.24) is 0 Å². The van der Waals surface area contributed by atoms with Gasteiger partial charge in [0.25, 0.3) is 0 Å². The van der Waals surface area contributed by atoms with Gasteiger partial charge in [-0.1, -0.05) is 48.8 Å². The molecule has 3 heteroatoms. The Morgan fingerprint density at radius 1 is 1.04 bits per heavy atom. The van der Waals surface area contributed by atoms with Crippen molar-refractivity contribution in [3.8, 4) is 0 Å². The summed E-state index contributed by atoms with van der Waals surface area (Å²) in [6, 6.07) is 5.26. The molecular formula is C25H33FN2. The number of aliphatic imine (C=N–C) groups is 2. The minimum Gasteiger partial charge on any atom is -0.296 e. The second-order valence-electron chi connectivity index (χ2n) is 8.87. The maximum Gasteiger partial charge on any atom is 0.127 e. The molecule has 1 aromatic carbocycles. The van der Waals surface area contributed by atoms with Crippen LogP contribution in [-0.4, -0.2) is 24.5 Å². The molecule has 0 aliphatic carbocycles. The van der Waals surface area contributed by atoms with E-state index in [0.29, 0.717) is 0 Å². The highest BCUT2D eigenvalue weighted by atomic mass is 19.1. The normalized spacial score (nSPS) is 18.7. The number of halogens is 1. The van der Waals surface area contributed by atoms with E-state index in [9.17, 15) is 4.39 Å². The monoisotopic (exact) mass is 380 g/mol. The third-order valence-electron chi connectivity index (χ3n) is 5.97. The molecule has 2 nitrogen and oxygen atoms in total. The molecular weight excluding hydrogens is 347 g/mol. The van der Waals surface area contributed by atoms with Crippen LogP contribution >= 0.6 is 0 Å². The van der Waals surface area contributed by atoms with E-state index in [0.717, 1.165) is 28.0 Å². The molecule has 0 radical (unpaired) electrons. The second kappa shape index (κ2) is 7.98. The van der Waals surface area contributed by atoms with Crippen molar-refractivity contribution >= 4 is 11.9 Å². The van der Waals surface area contributed by atoms with Crippen LogP contribution in [0.15, 0.2) is 62.6 Å². The lowest BCUT2D eigenvalue weighted by molar-refractivity contribution is 0.294. The molecule has 0 spiro atoms. The summed E-state index contributed by atoms with van der Waals surface area (Å²) < 4.78 is 14.9. The SMILES string of the molecule is CN=C/C(=C\C(C)=C\C(C)=C(C)C)C1=NC(C)(C)C(C)(C)c2c(F)cccc21. The molecule has 28 heavy (non-hydrogen) atoms. The first-order valence-corrected chi connectivity index (χ1v) is 9.78. The molecule has 1 aliphatic rings. The summed E-state index contributed by atoms with van der Waals surface area (Å²) in [5.41, 5.74) is 6.02. The summed E-state index contributed by atoms with van der Waals surface area (Å²) in [4.78, 5) is 9.34. The minimum atomic E-state index is -0.453. The predicted octanol–water partition coefficient (Wildman–Crippen LogP) is 6.61. The molecule has 1 aromatic rings. The minimum absolute atomic E-state index is 0.177. The number of rotatable bonds is 4. The van der Waals surface area contributed by atoms with Gasteiger partial charge in [0.15, 0.2) is 0 Å². The number of hydrogen-bond donors (Lipinski definition) is 0. The Morgan fingerprint density at radius 3 is 2.25 bits per heavy atom. The zero-order chi connectivity index (χ0) is 21.3. The Hall–Kier alpha value is -2.29. The van der Waals surface area contributed by atoms with Gasteiger partial charge in [-0.2, -0.15) is 0 Å². The van der Waals surface area contributed by atoms with E-state index in [2.05, 4.69) is 72.5 Å². The van der Waals surface area contributed by atoms with Gasteiger partial charge in [0.1, 0.15) is 5.82 Å². The second-order valence-corrected chi connectivity index (χ2v) is 8.87. The van der Waals surface area contributed by atoms with Crippen LogP contribution in [-0.2, 0) is 5.41 Å². The van der Waals surface area contributed by atoms with Crippen molar-refractivity contribution in [3.63, 3.8) is 0 Å². The van der Waals surface area contributed by atoms with Crippen LogP contribution in [0.3, 0.4) is 0 Å². The van der Waals surface area contributed by atoms with Gasteiger partial charge in [-0.25, -0.2) is 4.39 Å². The molecule has 0 saturated heterocycles. The molecule has 0 bridgehead atoms. The Bertz CT molecular complexity index is 918. The van der Waals surface area contributed by atoms with E-state index in [1.807, 2.05) is 12.3 Å². The molecule has 2 rings (SSSR count). The van der Waals surface area contributed by atoms with Crippen molar-refractivity contribution < 1.29 is 4.39 Å². The van der Waals surface area contributed by atoms with Gasteiger partial charge in [0.2, 0.25) is 0 Å². The topological polar surface area (TPSA) is 24.7 Å². The average Bonchev–Trinajstić information content (AvgIpc) is 2.57. The van der Waals surface area contributed by atoms with Gasteiger partial charge >= 0.3 is 0 Å². The van der Waals surface area contributed by atoms with Gasteiger partial charge in [0.05, 0.1) is 11.3 Å². The first-order valence-electron chi connectivity index (χ1n) is 9.78. The smallest absolute Gasteiger partial charge is 0.127 e. The first-order chi connectivity index (χ1) is 12.9. The van der Waals surface area contributed by atoms with Gasteiger partial charge in [-0.05, 0) is 53.7 Å². The fraction of sp³-hybridized carbons (Fsp3) is 0.440. The Morgan fingerprint density at radius 2 is 1.68 bits per heavy atom. The summed E-state index contributed by atoms with van der Waals surface area (Å²) in [5, 5.41) is 0. The van der Waals surface area contributed by atoms with Crippen molar-refractivity contribution in [2.75, 3.05) is 7.05 Å². The largest absolute Gasteiger partial charge is 0.296 e. The maximum atomic E-state index is 14.9. The molecule has 0 fully saturated rings. The molecule has 1 heterocycles. The molecule has 0 saturated carbocycles. The van der Waals surface area contributed by atoms with E-state index >= 15 is 0 Å². The molecule has 0 unspecified atom stereocenters. The highest BCUT2D eigenvalue weighted by Gasteiger charge is 2.45. The number of fused-ring (bicyclic) bond motifs is 1. The number of nitrogens with zero attached hydrogens (tertiary/aromatic N) is 2. The first kappa shape index (κ1) is 22.0. The number of benzene rings is 1. The molecule has 0 amide bonds. The van der Waals surface area contributed by atoms with Crippen molar-refractivity contribution in [1.29, 1.82) is 0 Å². The van der Waals surface area contributed by atoms with Crippen LogP contribution in [0.1, 0.15) is 66.5 Å². The van der Waals surface area contributed by atoms with Crippen LogP contribution in [0.4, 0.5) is 4.39 Å². The fourth-order valence-electron chi connectivity index (χ4n) is 3.44. The van der Waals surface area contributed by atoms with Gasteiger partial charge in [0, 0.05) is 35.4 Å². The Balaban J connectivity index is 2.76. The van der Waals surface area contributed by atoms with E-state index in [4.69, 9.17) is 4.99 Å². The van der Waals surface area contributed by atoms with Gasteiger partial charge < -0.3 is 0 Å². The summed E-state index contributed by atoms with van der Waals surface area (Å²) in [5.74, 6) is -0.177. The Kier molecular flexibility index (Phi) is 6.27. The molecule has 0 atom stereocenters. The zero-order valence-electron chi connectivity index (χ0n) is 18.7. The lowest BCUT2D eigenvalue weighted by Crippen LogP contribution is -2.47. The third kappa shape index (κ3) is 4.09. The Labute approximate surface area is 169 Å². The highest BCUT2D eigenvalue weighted by molar-refractivity contribution is 6.25. The van der Waals surface area contributed by atoms with E-state index < -0.39 is 11.0 Å². The molecule has 150 valence electrons. The summed E-state index contributed by atoms with van der Waals surface area (Å²) in [6.07, 6.45) is 6.06. The lowest BCUT2D eigenvalue weighted by Gasteiger charge is -2.44. The van der Waals surface area contributed by atoms with Crippen LogP contribution < -0.4 is 0 Å². The average molecular weight is 381 g/mol. The molecule has 0 N–H and O–H groups in total. The van der Waals surface area contributed by atoms with Gasteiger partial charge in [-0.3, -0.25) is 9.98 Å². The maximum absolute atomic E-state index is 14.9. The van der Waals surface area contributed by atoms with Crippen molar-refractivity contribution in [3.05, 3.63) is 69.6 Å². The van der Waals surface area contributed by atoms with Crippen molar-refractivity contribution in [2.45, 2.75) is 66.3 Å². The van der Waals surface area contributed by atoms with Crippen LogP contribution in [0.25, 0.3) is 0 Å². The zero-order valence-corrected chi connectivity index (χ0v) is 18.7. The van der Waals surface area contributed by atoms with E-state index in [1.54, 1.807) is 19.2 Å². The van der Waals surface area contributed by atoms with E-state index in [-0.39, 0.29) is 5.82 Å². The summed E-state index contributed by atoms with van der Waals surface area (Å²) >= 11 is 0. The predicted molar refractivity (Wildman–Crippen MR) is 120 cm³/mol. The summed E-state index contributed by atoms with van der Waals surface area (Å²) in [6.45, 7) is 16.7. The standard InChI is InChI=1S/C25H33FN2/c1-16(2)18(4)13-17(3)14-19(15-27-9)23-20-11-10-12-21(26)22(20)24(5,6)25(7,8)28-23/h10-15H,1-9H3/b17-13+,19-14+,27-15?. The third-order valence-corrected chi connectivity index (χ3v) is 5.97. The van der Waals surface area contributed by atoms with Crippen molar-refractivity contribution in [2.24, 2.45) is 9.98 Å². The van der Waals surface area contributed by atoms with Gasteiger partial charge in [-0.15, -0.1) is 0 Å². The molecule has 0 aromatic heterocycles. The van der Waals surface area contributed by atoms with Crippen LogP contribution in [0.2, 0.25) is 0 Å². The summed E-state index contributed by atoms with van der Waals surface area (Å²) in [7, 11) is 1.75. The number of hydrogen-bond acceptors (Lipinski definition) is 2. The van der Waals surface area contributed by atoms with E-state index in [1.165, 1.54) is 11.1 Å². The van der Waals surface area contributed by atoms with Crippen LogP contribution in [0.5, 0.6) is 0 Å².